The van der Waals surface area contributed by atoms with E-state index in [4.69, 9.17) is 4.74 Å². The Balaban J connectivity index is 1.82. The molecule has 27 heavy (non-hydrogen) atoms. The average Bonchev–Trinajstić information content (AvgIpc) is 2.67. The van der Waals surface area contributed by atoms with Gasteiger partial charge in [-0.25, -0.2) is 12.8 Å². The van der Waals surface area contributed by atoms with Gasteiger partial charge in [0.2, 0.25) is 0 Å². The molecule has 0 saturated carbocycles. The zero-order valence-electron chi connectivity index (χ0n) is 15.1. The predicted molar refractivity (Wildman–Crippen MR) is 103 cm³/mol. The fourth-order valence-corrected chi connectivity index (χ4v) is 5.09. The van der Waals surface area contributed by atoms with E-state index in [0.717, 1.165) is 43.5 Å². The summed E-state index contributed by atoms with van der Waals surface area (Å²) in [5, 5.41) is 3.31. The Hall–Kier alpha value is -2.32. The lowest BCUT2D eigenvalue weighted by Crippen LogP contribution is -2.44. The first-order valence-electron chi connectivity index (χ1n) is 8.99. The summed E-state index contributed by atoms with van der Waals surface area (Å²) >= 11 is 0. The molecule has 0 radical (unpaired) electrons. The number of nitrogens with zero attached hydrogens (tertiary/aromatic N) is 2. The van der Waals surface area contributed by atoms with Gasteiger partial charge in [-0.1, -0.05) is 12.1 Å². The zero-order chi connectivity index (χ0) is 19.0. The molecule has 2 aliphatic rings. The Labute approximate surface area is 158 Å². The highest BCUT2D eigenvalue weighted by molar-refractivity contribution is 7.92. The van der Waals surface area contributed by atoms with Crippen LogP contribution in [0.2, 0.25) is 0 Å². The third kappa shape index (κ3) is 3.23. The van der Waals surface area contributed by atoms with Crippen molar-refractivity contribution in [3.8, 4) is 5.75 Å². The number of ether oxygens (including phenoxy) is 1. The lowest BCUT2D eigenvalue weighted by atomic mass is 10.1. The number of sulfonamides is 1. The van der Waals surface area contributed by atoms with Gasteiger partial charge in [0.25, 0.3) is 10.0 Å². The molecule has 1 N–H and O–H groups in total. The average molecular weight is 391 g/mol. The van der Waals surface area contributed by atoms with Crippen molar-refractivity contribution < 1.29 is 17.5 Å². The highest BCUT2D eigenvalue weighted by Gasteiger charge is 2.34. The van der Waals surface area contributed by atoms with Crippen LogP contribution >= 0.6 is 0 Å². The lowest BCUT2D eigenvalue weighted by molar-refractivity contribution is 0.315. The Morgan fingerprint density at radius 2 is 1.78 bits per heavy atom. The van der Waals surface area contributed by atoms with Gasteiger partial charge in [0.1, 0.15) is 17.3 Å². The van der Waals surface area contributed by atoms with Gasteiger partial charge in [-0.2, -0.15) is 0 Å². The molecule has 0 amide bonds. The number of halogens is 1. The highest BCUT2D eigenvalue weighted by atomic mass is 32.2. The van der Waals surface area contributed by atoms with Crippen molar-refractivity contribution in [3.63, 3.8) is 0 Å². The minimum atomic E-state index is -4.02. The summed E-state index contributed by atoms with van der Waals surface area (Å²) in [6.07, 6.45) is 0. The summed E-state index contributed by atoms with van der Waals surface area (Å²) in [6, 6.07) is 9.28. The second-order valence-corrected chi connectivity index (χ2v) is 8.56. The van der Waals surface area contributed by atoms with E-state index in [1.807, 2.05) is 13.0 Å². The van der Waals surface area contributed by atoms with E-state index in [0.29, 0.717) is 11.4 Å². The van der Waals surface area contributed by atoms with Crippen LogP contribution < -0.4 is 19.3 Å². The third-order valence-electron chi connectivity index (χ3n) is 4.87. The third-order valence-corrected chi connectivity index (χ3v) is 6.71. The number of hydrogen-bond donors (Lipinski definition) is 1. The normalized spacial score (nSPS) is 17.4. The Morgan fingerprint density at radius 3 is 2.52 bits per heavy atom. The summed E-state index contributed by atoms with van der Waals surface area (Å²) < 4.78 is 47.7. The number of anilines is 2. The fourth-order valence-electron chi connectivity index (χ4n) is 3.58. The minimum Gasteiger partial charge on any atom is -0.487 e. The van der Waals surface area contributed by atoms with E-state index in [-0.39, 0.29) is 18.0 Å². The Bertz CT molecular complexity index is 959. The molecular weight excluding hydrogens is 369 g/mol. The molecule has 0 bridgehead atoms. The van der Waals surface area contributed by atoms with Crippen LogP contribution in [0.3, 0.4) is 0 Å². The summed E-state index contributed by atoms with van der Waals surface area (Å²) in [6.45, 7) is 5.66. The van der Waals surface area contributed by atoms with Gasteiger partial charge in [-0.3, -0.25) is 4.31 Å². The van der Waals surface area contributed by atoms with Gasteiger partial charge in [0, 0.05) is 26.2 Å². The van der Waals surface area contributed by atoms with E-state index in [2.05, 4.69) is 10.2 Å². The summed E-state index contributed by atoms with van der Waals surface area (Å²) in [7, 11) is -4.02. The zero-order valence-corrected chi connectivity index (χ0v) is 15.9. The quantitative estimate of drug-likeness (QED) is 0.869. The van der Waals surface area contributed by atoms with Gasteiger partial charge in [0.05, 0.1) is 17.9 Å². The molecule has 0 spiro atoms. The van der Waals surface area contributed by atoms with Crippen LogP contribution in [0.4, 0.5) is 15.8 Å². The molecule has 6 nitrogen and oxygen atoms in total. The maximum atomic E-state index is 14.2. The molecule has 1 fully saturated rings. The van der Waals surface area contributed by atoms with E-state index < -0.39 is 15.8 Å². The number of piperazine rings is 1. The maximum absolute atomic E-state index is 14.2. The van der Waals surface area contributed by atoms with E-state index >= 15 is 0 Å². The predicted octanol–water partition coefficient (Wildman–Crippen LogP) is 2.13. The minimum absolute atomic E-state index is 0.147. The molecule has 2 aromatic carbocycles. The van der Waals surface area contributed by atoms with Crippen LogP contribution in [0, 0.1) is 12.7 Å². The van der Waals surface area contributed by atoms with Crippen molar-refractivity contribution in [2.24, 2.45) is 0 Å². The Morgan fingerprint density at radius 1 is 1.07 bits per heavy atom. The van der Waals surface area contributed by atoms with Crippen LogP contribution in [-0.2, 0) is 10.0 Å². The molecule has 2 heterocycles. The number of hydrogen-bond acceptors (Lipinski definition) is 5. The van der Waals surface area contributed by atoms with Gasteiger partial charge >= 0.3 is 0 Å². The van der Waals surface area contributed by atoms with Crippen molar-refractivity contribution in [2.75, 3.05) is 48.5 Å². The van der Waals surface area contributed by atoms with Crippen LogP contribution in [0.5, 0.6) is 5.75 Å². The van der Waals surface area contributed by atoms with Crippen molar-refractivity contribution in [1.29, 1.82) is 0 Å². The molecule has 1 saturated heterocycles. The number of benzene rings is 2. The molecule has 4 rings (SSSR count). The van der Waals surface area contributed by atoms with E-state index in [9.17, 15) is 12.8 Å². The van der Waals surface area contributed by atoms with Crippen LogP contribution in [0.25, 0.3) is 0 Å². The van der Waals surface area contributed by atoms with Gasteiger partial charge in [-0.15, -0.1) is 0 Å². The van der Waals surface area contributed by atoms with Crippen LogP contribution in [-0.4, -0.2) is 47.7 Å². The monoisotopic (exact) mass is 391 g/mol. The molecule has 0 aromatic heterocycles. The summed E-state index contributed by atoms with van der Waals surface area (Å²) in [4.78, 5) is 1.88. The van der Waals surface area contributed by atoms with Crippen LogP contribution in [0.15, 0.2) is 41.3 Å². The maximum Gasteiger partial charge on any atom is 0.267 e. The number of aryl methyl sites for hydroxylation is 1. The van der Waals surface area contributed by atoms with Gasteiger partial charge in [0.15, 0.2) is 5.75 Å². The second kappa shape index (κ2) is 7.01. The summed E-state index contributed by atoms with van der Waals surface area (Å²) in [5.74, 6) is -0.200. The van der Waals surface area contributed by atoms with Crippen molar-refractivity contribution in [2.45, 2.75) is 11.8 Å². The molecule has 0 atom stereocenters. The first-order valence-corrected chi connectivity index (χ1v) is 10.4. The molecule has 2 aromatic rings. The second-order valence-electron chi connectivity index (χ2n) is 6.73. The Kier molecular flexibility index (Phi) is 4.69. The van der Waals surface area contributed by atoms with Crippen molar-refractivity contribution >= 4 is 21.4 Å². The van der Waals surface area contributed by atoms with E-state index in [1.165, 1.54) is 22.5 Å². The molecule has 8 heteroatoms. The molecule has 0 unspecified atom stereocenters. The molecule has 144 valence electrons. The smallest absolute Gasteiger partial charge is 0.267 e. The standard InChI is InChI=1S/C19H22FN3O3S/c1-14-12-16(22-8-6-21-7-9-22)19-17(13-14)23(10-11-26-19)27(24,25)18-5-3-2-4-15(18)20/h2-5,12-13,21H,6-11H2,1H3. The SMILES string of the molecule is Cc1cc(N2CCNCC2)c2c(c1)N(S(=O)(=O)c1ccccc1F)CCO2. The van der Waals surface area contributed by atoms with Gasteiger partial charge in [-0.05, 0) is 36.8 Å². The summed E-state index contributed by atoms with van der Waals surface area (Å²) in [5.41, 5.74) is 2.29. The van der Waals surface area contributed by atoms with Crippen molar-refractivity contribution in [3.05, 3.63) is 47.8 Å². The van der Waals surface area contributed by atoms with Crippen LogP contribution in [0.1, 0.15) is 5.56 Å². The van der Waals surface area contributed by atoms with Gasteiger partial charge < -0.3 is 15.0 Å². The van der Waals surface area contributed by atoms with E-state index in [1.54, 1.807) is 6.07 Å². The highest BCUT2D eigenvalue weighted by Crippen LogP contribution is 2.43. The molecule has 0 aliphatic carbocycles. The number of fused-ring (bicyclic) bond motifs is 1. The topological polar surface area (TPSA) is 61.9 Å². The first-order chi connectivity index (χ1) is 13.0. The molecule has 2 aliphatic heterocycles. The van der Waals surface area contributed by atoms with Crippen molar-refractivity contribution in [1.82, 2.24) is 5.32 Å². The number of rotatable bonds is 3. The number of nitrogens with one attached hydrogen (secondary N) is 1. The molecular formula is C19H22FN3O3S. The fraction of sp³-hybridized carbons (Fsp3) is 0.368. The lowest BCUT2D eigenvalue weighted by Gasteiger charge is -2.36. The largest absolute Gasteiger partial charge is 0.487 e. The first kappa shape index (κ1) is 18.1.